The van der Waals surface area contributed by atoms with Crippen LogP contribution in [-0.4, -0.2) is 68.9 Å². The number of aliphatic hydroxyl groups is 1. The van der Waals surface area contributed by atoms with Crippen molar-refractivity contribution < 1.29 is 28.2 Å². The van der Waals surface area contributed by atoms with E-state index in [9.17, 15) is 18.3 Å². The van der Waals surface area contributed by atoms with E-state index in [-0.39, 0.29) is 26.1 Å². The van der Waals surface area contributed by atoms with Crippen LogP contribution in [0.25, 0.3) is 0 Å². The average molecular weight is 270 g/mol. The van der Waals surface area contributed by atoms with Gasteiger partial charge in [0.05, 0.1) is 19.1 Å². The third-order valence-corrected chi connectivity index (χ3v) is 3.45. The van der Waals surface area contributed by atoms with Gasteiger partial charge in [0.2, 0.25) is 0 Å². The van der Waals surface area contributed by atoms with Gasteiger partial charge in [-0.15, -0.1) is 0 Å². The summed E-state index contributed by atoms with van der Waals surface area (Å²) in [5.74, 6) is -1.08. The average Bonchev–Trinajstić information content (AvgIpc) is 2.23. The summed E-state index contributed by atoms with van der Waals surface area (Å²) in [7, 11) is -1.12. The Morgan fingerprint density at radius 2 is 2.12 bits per heavy atom. The van der Waals surface area contributed by atoms with Crippen LogP contribution in [0.1, 0.15) is 6.42 Å². The van der Waals surface area contributed by atoms with Crippen LogP contribution in [0, 0.1) is 0 Å². The standard InChI is InChI=1S/C8H18N2O6S/c1-10(4-3-8(12)13)17(14,15)9-5-7(11)6-16-2/h7,9,11H,3-6H2,1-2H3,(H,12,13). The highest BCUT2D eigenvalue weighted by molar-refractivity contribution is 7.87. The Balaban J connectivity index is 4.13. The van der Waals surface area contributed by atoms with Gasteiger partial charge in [-0.2, -0.15) is 17.4 Å². The summed E-state index contributed by atoms with van der Waals surface area (Å²) in [5, 5.41) is 17.7. The Labute approximate surface area is 100 Å². The van der Waals surface area contributed by atoms with Gasteiger partial charge in [-0.05, 0) is 0 Å². The first-order valence-corrected chi connectivity index (χ1v) is 6.33. The Morgan fingerprint density at radius 3 is 2.59 bits per heavy atom. The first kappa shape index (κ1) is 16.3. The first-order valence-electron chi connectivity index (χ1n) is 4.89. The topological polar surface area (TPSA) is 116 Å². The fraction of sp³-hybridized carbons (Fsp3) is 0.875. The van der Waals surface area contributed by atoms with Crippen LogP contribution in [0.3, 0.4) is 0 Å². The molecule has 0 spiro atoms. The van der Waals surface area contributed by atoms with Crippen LogP contribution in [-0.2, 0) is 19.7 Å². The minimum Gasteiger partial charge on any atom is -0.481 e. The number of hydrogen-bond donors (Lipinski definition) is 3. The van der Waals surface area contributed by atoms with Gasteiger partial charge in [0.25, 0.3) is 10.2 Å². The van der Waals surface area contributed by atoms with Crippen LogP contribution < -0.4 is 4.72 Å². The lowest BCUT2D eigenvalue weighted by Crippen LogP contribution is -2.43. The quantitative estimate of drug-likeness (QED) is 0.457. The fourth-order valence-electron chi connectivity index (χ4n) is 0.936. The number of hydrogen-bond acceptors (Lipinski definition) is 5. The van der Waals surface area contributed by atoms with Gasteiger partial charge >= 0.3 is 5.97 Å². The minimum absolute atomic E-state index is 0.0152. The molecule has 0 rings (SSSR count). The van der Waals surface area contributed by atoms with Crippen LogP contribution in [0.4, 0.5) is 0 Å². The summed E-state index contributed by atoms with van der Waals surface area (Å²) in [6.07, 6.45) is -1.22. The molecule has 0 aliphatic rings. The molecule has 102 valence electrons. The second-order valence-corrected chi connectivity index (χ2v) is 5.29. The molecule has 0 fully saturated rings. The van der Waals surface area contributed by atoms with E-state index in [1.807, 2.05) is 0 Å². The summed E-state index contributed by atoms with van der Waals surface area (Å²) in [5.41, 5.74) is 0. The number of aliphatic carboxylic acids is 1. The molecule has 0 bridgehead atoms. The van der Waals surface area contributed by atoms with E-state index in [4.69, 9.17) is 5.11 Å². The molecule has 0 heterocycles. The molecule has 9 heteroatoms. The van der Waals surface area contributed by atoms with Crippen molar-refractivity contribution in [2.24, 2.45) is 0 Å². The van der Waals surface area contributed by atoms with Crippen molar-refractivity contribution >= 4 is 16.2 Å². The molecule has 0 radical (unpaired) electrons. The van der Waals surface area contributed by atoms with Gasteiger partial charge in [0.1, 0.15) is 0 Å². The Kier molecular flexibility index (Phi) is 7.23. The summed E-state index contributed by atoms with van der Waals surface area (Å²) in [6, 6.07) is 0. The van der Waals surface area contributed by atoms with Crippen LogP contribution in [0.2, 0.25) is 0 Å². The normalized spacial score (nSPS) is 13.9. The molecule has 1 atom stereocenters. The monoisotopic (exact) mass is 270 g/mol. The summed E-state index contributed by atoms with van der Waals surface area (Å²) >= 11 is 0. The number of ether oxygens (including phenoxy) is 1. The number of aliphatic hydroxyl groups excluding tert-OH is 1. The molecule has 0 aromatic heterocycles. The van der Waals surface area contributed by atoms with E-state index in [1.54, 1.807) is 0 Å². The summed E-state index contributed by atoms with van der Waals surface area (Å²) < 4.78 is 30.7. The predicted octanol–water partition coefficient (Wildman–Crippen LogP) is -1.77. The van der Waals surface area contributed by atoms with Crippen molar-refractivity contribution in [2.45, 2.75) is 12.5 Å². The number of nitrogens with zero attached hydrogens (tertiary/aromatic N) is 1. The Hall–Kier alpha value is -0.740. The number of carbonyl (C=O) groups is 1. The molecule has 0 aliphatic heterocycles. The van der Waals surface area contributed by atoms with Crippen molar-refractivity contribution in [1.82, 2.24) is 9.03 Å². The summed E-state index contributed by atoms with van der Waals surface area (Å²) in [4.78, 5) is 10.3. The third kappa shape index (κ3) is 7.23. The zero-order chi connectivity index (χ0) is 13.5. The van der Waals surface area contributed by atoms with Gasteiger partial charge in [-0.25, -0.2) is 0 Å². The van der Waals surface area contributed by atoms with Crippen molar-refractivity contribution in [3.05, 3.63) is 0 Å². The number of nitrogens with one attached hydrogen (secondary N) is 1. The zero-order valence-electron chi connectivity index (χ0n) is 9.79. The van der Waals surface area contributed by atoms with Crippen molar-refractivity contribution in [1.29, 1.82) is 0 Å². The molecular formula is C8H18N2O6S. The van der Waals surface area contributed by atoms with Gasteiger partial charge in [-0.3, -0.25) is 4.79 Å². The highest BCUT2D eigenvalue weighted by Gasteiger charge is 2.19. The molecular weight excluding hydrogens is 252 g/mol. The smallest absolute Gasteiger partial charge is 0.304 e. The lowest BCUT2D eigenvalue weighted by atomic mass is 10.4. The maximum Gasteiger partial charge on any atom is 0.304 e. The maximum atomic E-state index is 11.5. The van der Waals surface area contributed by atoms with Crippen LogP contribution >= 0.6 is 0 Å². The minimum atomic E-state index is -3.76. The predicted molar refractivity (Wildman–Crippen MR) is 59.7 cm³/mol. The van der Waals surface area contributed by atoms with Crippen molar-refractivity contribution in [3.8, 4) is 0 Å². The molecule has 0 aromatic carbocycles. The van der Waals surface area contributed by atoms with Crippen LogP contribution in [0.5, 0.6) is 0 Å². The molecule has 0 aromatic rings. The second-order valence-electron chi connectivity index (χ2n) is 3.43. The molecule has 0 aliphatic carbocycles. The van der Waals surface area contributed by atoms with Crippen molar-refractivity contribution in [2.75, 3.05) is 33.9 Å². The number of carboxylic acids is 1. The number of carboxylic acid groups (broad SMARTS) is 1. The summed E-state index contributed by atoms with van der Waals surface area (Å²) in [6.45, 7) is -0.306. The van der Waals surface area contributed by atoms with E-state index in [0.717, 1.165) is 4.31 Å². The Bertz CT molecular complexity index is 331. The van der Waals surface area contributed by atoms with E-state index >= 15 is 0 Å². The van der Waals surface area contributed by atoms with Crippen molar-refractivity contribution in [3.63, 3.8) is 0 Å². The Morgan fingerprint density at radius 1 is 1.53 bits per heavy atom. The van der Waals surface area contributed by atoms with E-state index < -0.39 is 22.3 Å². The lowest BCUT2D eigenvalue weighted by Gasteiger charge is -2.18. The number of rotatable bonds is 9. The molecule has 17 heavy (non-hydrogen) atoms. The largest absolute Gasteiger partial charge is 0.481 e. The third-order valence-electron chi connectivity index (χ3n) is 1.91. The SMILES string of the molecule is COCC(O)CNS(=O)(=O)N(C)CCC(=O)O. The molecule has 8 nitrogen and oxygen atoms in total. The molecule has 1 unspecified atom stereocenters. The molecule has 0 saturated carbocycles. The fourth-order valence-corrected chi connectivity index (χ4v) is 1.89. The van der Waals surface area contributed by atoms with Gasteiger partial charge in [0.15, 0.2) is 0 Å². The first-order chi connectivity index (χ1) is 7.79. The highest BCUT2D eigenvalue weighted by atomic mass is 32.2. The maximum absolute atomic E-state index is 11.5. The van der Waals surface area contributed by atoms with Gasteiger partial charge in [-0.1, -0.05) is 0 Å². The van der Waals surface area contributed by atoms with Gasteiger partial charge < -0.3 is 14.9 Å². The lowest BCUT2D eigenvalue weighted by molar-refractivity contribution is -0.137. The zero-order valence-corrected chi connectivity index (χ0v) is 10.6. The van der Waals surface area contributed by atoms with E-state index in [0.29, 0.717) is 0 Å². The molecule has 0 amide bonds. The van der Waals surface area contributed by atoms with E-state index in [1.165, 1.54) is 14.2 Å². The second kappa shape index (κ2) is 7.56. The number of methoxy groups -OCH3 is 1. The van der Waals surface area contributed by atoms with Gasteiger partial charge in [0, 0.05) is 27.2 Å². The highest BCUT2D eigenvalue weighted by Crippen LogP contribution is 1.96. The molecule has 0 saturated heterocycles. The van der Waals surface area contributed by atoms with E-state index in [2.05, 4.69) is 9.46 Å². The van der Waals surface area contributed by atoms with Crippen LogP contribution in [0.15, 0.2) is 0 Å². The molecule has 3 N–H and O–H groups in total.